The predicted octanol–water partition coefficient (Wildman–Crippen LogP) is 2.81. The van der Waals surface area contributed by atoms with Crippen LogP contribution in [0.25, 0.3) is 0 Å². The molecule has 0 rings (SSSR count). The monoisotopic (exact) mass is 153 g/mol. The summed E-state index contributed by atoms with van der Waals surface area (Å²) in [6.45, 7) is 12.4. The van der Waals surface area contributed by atoms with Gasteiger partial charge in [-0.3, -0.25) is 0 Å². The van der Waals surface area contributed by atoms with Crippen molar-refractivity contribution in [3.8, 4) is 0 Å². The normalized spacial score (nSPS) is 11.4. The van der Waals surface area contributed by atoms with Crippen molar-refractivity contribution in [2.24, 2.45) is 0 Å². The molecule has 1 nitrogen and oxygen atoms in total. The second kappa shape index (κ2) is 6.02. The molecule has 0 saturated carbocycles. The molecule has 0 saturated heterocycles. The standard InChI is InChI=1S/C10H19N/c1-5-9-10(6-2)11(7-3)8-4/h5,9H,1,6-8H2,2-4H3/b10-9+. The fourth-order valence-electron chi connectivity index (χ4n) is 1.21. The topological polar surface area (TPSA) is 3.24 Å². The zero-order valence-electron chi connectivity index (χ0n) is 7.93. The molecule has 0 unspecified atom stereocenters. The van der Waals surface area contributed by atoms with Crippen LogP contribution in [0, 0.1) is 0 Å². The Bertz CT molecular complexity index is 132. The van der Waals surface area contributed by atoms with E-state index in [-0.39, 0.29) is 0 Å². The molecule has 0 aliphatic heterocycles. The summed E-state index contributed by atoms with van der Waals surface area (Å²) >= 11 is 0. The number of allylic oxidation sites excluding steroid dienone is 3. The number of hydrogen-bond donors (Lipinski definition) is 0. The van der Waals surface area contributed by atoms with Crippen molar-refractivity contribution in [2.45, 2.75) is 27.2 Å². The van der Waals surface area contributed by atoms with Crippen molar-refractivity contribution in [1.29, 1.82) is 0 Å². The van der Waals surface area contributed by atoms with E-state index < -0.39 is 0 Å². The van der Waals surface area contributed by atoms with Gasteiger partial charge >= 0.3 is 0 Å². The summed E-state index contributed by atoms with van der Waals surface area (Å²) in [5.74, 6) is 0. The molecule has 0 heterocycles. The van der Waals surface area contributed by atoms with Gasteiger partial charge in [-0.1, -0.05) is 19.6 Å². The largest absolute Gasteiger partial charge is 0.375 e. The maximum Gasteiger partial charge on any atom is 0.0146 e. The molecule has 0 atom stereocenters. The molecule has 64 valence electrons. The summed E-state index contributed by atoms with van der Waals surface area (Å²) in [5, 5.41) is 0. The van der Waals surface area contributed by atoms with Crippen LogP contribution in [-0.2, 0) is 0 Å². The van der Waals surface area contributed by atoms with E-state index in [0.717, 1.165) is 19.5 Å². The van der Waals surface area contributed by atoms with Crippen LogP contribution in [0.1, 0.15) is 27.2 Å². The van der Waals surface area contributed by atoms with Gasteiger partial charge in [0.2, 0.25) is 0 Å². The van der Waals surface area contributed by atoms with Crippen LogP contribution in [0.5, 0.6) is 0 Å². The highest BCUT2D eigenvalue weighted by molar-refractivity contribution is 5.08. The second-order valence-corrected chi connectivity index (χ2v) is 2.42. The molecule has 0 aliphatic rings. The fraction of sp³-hybridized carbons (Fsp3) is 0.600. The Hall–Kier alpha value is -0.720. The average molecular weight is 153 g/mol. The molecule has 0 aromatic heterocycles. The first-order valence-electron chi connectivity index (χ1n) is 4.36. The minimum absolute atomic E-state index is 1.09. The maximum atomic E-state index is 3.70. The van der Waals surface area contributed by atoms with Gasteiger partial charge in [-0.2, -0.15) is 0 Å². The van der Waals surface area contributed by atoms with Gasteiger partial charge in [0.25, 0.3) is 0 Å². The summed E-state index contributed by atoms with van der Waals surface area (Å²) in [6, 6.07) is 0. The summed E-state index contributed by atoms with van der Waals surface area (Å²) in [7, 11) is 0. The van der Waals surface area contributed by atoms with Gasteiger partial charge in [0.1, 0.15) is 0 Å². The van der Waals surface area contributed by atoms with Gasteiger partial charge < -0.3 is 4.90 Å². The van der Waals surface area contributed by atoms with Crippen LogP contribution in [0.15, 0.2) is 24.4 Å². The third kappa shape index (κ3) is 3.26. The zero-order chi connectivity index (χ0) is 8.69. The maximum absolute atomic E-state index is 3.70. The predicted molar refractivity (Wildman–Crippen MR) is 51.5 cm³/mol. The van der Waals surface area contributed by atoms with E-state index in [9.17, 15) is 0 Å². The quantitative estimate of drug-likeness (QED) is 0.549. The first-order valence-corrected chi connectivity index (χ1v) is 4.36. The lowest BCUT2D eigenvalue weighted by Gasteiger charge is -2.23. The lowest BCUT2D eigenvalue weighted by molar-refractivity contribution is 0.372. The first kappa shape index (κ1) is 10.3. The first-order chi connectivity index (χ1) is 5.29. The van der Waals surface area contributed by atoms with Crippen molar-refractivity contribution in [1.82, 2.24) is 4.90 Å². The molecule has 0 radical (unpaired) electrons. The Morgan fingerprint density at radius 3 is 2.09 bits per heavy atom. The highest BCUT2D eigenvalue weighted by atomic mass is 15.1. The van der Waals surface area contributed by atoms with Crippen LogP contribution >= 0.6 is 0 Å². The third-order valence-electron chi connectivity index (χ3n) is 1.84. The Kier molecular flexibility index (Phi) is 5.63. The van der Waals surface area contributed by atoms with Crippen LogP contribution in [0.3, 0.4) is 0 Å². The SMILES string of the molecule is C=C/C=C(\CC)N(CC)CC. The highest BCUT2D eigenvalue weighted by Gasteiger charge is 2.00. The van der Waals surface area contributed by atoms with Gasteiger partial charge in [-0.15, -0.1) is 0 Å². The second-order valence-electron chi connectivity index (χ2n) is 2.42. The number of hydrogen-bond acceptors (Lipinski definition) is 1. The Labute approximate surface area is 70.4 Å². The Balaban J connectivity index is 4.20. The van der Waals surface area contributed by atoms with Gasteiger partial charge in [0.15, 0.2) is 0 Å². The van der Waals surface area contributed by atoms with Gasteiger partial charge in [0.05, 0.1) is 0 Å². The van der Waals surface area contributed by atoms with E-state index in [1.807, 2.05) is 6.08 Å². The van der Waals surface area contributed by atoms with E-state index in [1.54, 1.807) is 0 Å². The Morgan fingerprint density at radius 2 is 1.82 bits per heavy atom. The molecule has 0 bridgehead atoms. The summed E-state index contributed by atoms with van der Waals surface area (Å²) in [4.78, 5) is 2.35. The van der Waals surface area contributed by atoms with E-state index in [4.69, 9.17) is 0 Å². The van der Waals surface area contributed by atoms with E-state index >= 15 is 0 Å². The molecular weight excluding hydrogens is 134 g/mol. The molecule has 0 fully saturated rings. The van der Waals surface area contributed by atoms with Crippen molar-refractivity contribution < 1.29 is 0 Å². The highest BCUT2D eigenvalue weighted by Crippen LogP contribution is 2.07. The molecule has 0 aromatic carbocycles. The molecule has 0 aromatic rings. The molecule has 1 heteroatoms. The molecule has 11 heavy (non-hydrogen) atoms. The molecular formula is C10H19N. The molecule has 0 N–H and O–H groups in total. The third-order valence-corrected chi connectivity index (χ3v) is 1.84. The smallest absolute Gasteiger partial charge is 0.0146 e. The van der Waals surface area contributed by atoms with E-state index in [2.05, 4.69) is 38.3 Å². The molecule has 0 spiro atoms. The van der Waals surface area contributed by atoms with Crippen molar-refractivity contribution in [2.75, 3.05) is 13.1 Å². The lowest BCUT2D eigenvalue weighted by Crippen LogP contribution is -2.21. The van der Waals surface area contributed by atoms with Crippen LogP contribution in [0.2, 0.25) is 0 Å². The Morgan fingerprint density at radius 1 is 1.27 bits per heavy atom. The minimum atomic E-state index is 1.09. The average Bonchev–Trinajstić information content (AvgIpc) is 2.05. The van der Waals surface area contributed by atoms with Crippen LogP contribution in [0.4, 0.5) is 0 Å². The zero-order valence-corrected chi connectivity index (χ0v) is 7.93. The molecule has 0 aliphatic carbocycles. The van der Waals surface area contributed by atoms with E-state index in [1.165, 1.54) is 5.70 Å². The number of rotatable bonds is 5. The van der Waals surface area contributed by atoms with Crippen molar-refractivity contribution >= 4 is 0 Å². The van der Waals surface area contributed by atoms with Gasteiger partial charge in [-0.25, -0.2) is 0 Å². The van der Waals surface area contributed by atoms with Gasteiger partial charge in [0, 0.05) is 18.8 Å². The van der Waals surface area contributed by atoms with Crippen LogP contribution in [-0.4, -0.2) is 18.0 Å². The van der Waals surface area contributed by atoms with E-state index in [0.29, 0.717) is 0 Å². The minimum Gasteiger partial charge on any atom is -0.375 e. The van der Waals surface area contributed by atoms with Crippen LogP contribution < -0.4 is 0 Å². The van der Waals surface area contributed by atoms with Crippen molar-refractivity contribution in [3.05, 3.63) is 24.4 Å². The number of nitrogens with zero attached hydrogens (tertiary/aromatic N) is 1. The summed E-state index contributed by atoms with van der Waals surface area (Å²) in [5.41, 5.74) is 1.38. The lowest BCUT2D eigenvalue weighted by atomic mass is 10.2. The van der Waals surface area contributed by atoms with Gasteiger partial charge in [-0.05, 0) is 26.3 Å². The fourth-order valence-corrected chi connectivity index (χ4v) is 1.21. The summed E-state index contributed by atoms with van der Waals surface area (Å²) < 4.78 is 0. The summed E-state index contributed by atoms with van der Waals surface area (Å²) in [6.07, 6.45) is 5.04. The molecule has 0 amide bonds. The van der Waals surface area contributed by atoms with Crippen molar-refractivity contribution in [3.63, 3.8) is 0 Å².